The van der Waals surface area contributed by atoms with Gasteiger partial charge in [-0.15, -0.1) is 0 Å². The average molecular weight is 180 g/mol. The number of Topliss-reactive ketones (excluding diaryl/α,β-unsaturated/α-hetero) is 1. The van der Waals surface area contributed by atoms with Crippen LogP contribution in [-0.2, 0) is 0 Å². The predicted molar refractivity (Wildman–Crippen MR) is 51.7 cm³/mol. The molecule has 1 rings (SSSR count). The first kappa shape index (κ1) is 10.0. The van der Waals surface area contributed by atoms with E-state index in [1.165, 1.54) is 0 Å². The number of ketones is 1. The van der Waals surface area contributed by atoms with Crippen molar-refractivity contribution in [3.8, 4) is 0 Å². The molecule has 0 bridgehead atoms. The Balaban J connectivity index is 2.50. The number of furan rings is 1. The standard InChI is InChI=1S/C11H16O2/c1-3-9(4-2)8-10(12)11-6-5-7-13-11/h5-7,9H,3-4,8H2,1-2H3. The van der Waals surface area contributed by atoms with Crippen molar-refractivity contribution in [2.45, 2.75) is 33.1 Å². The zero-order valence-electron chi connectivity index (χ0n) is 8.25. The summed E-state index contributed by atoms with van der Waals surface area (Å²) in [7, 11) is 0. The molecular formula is C11H16O2. The van der Waals surface area contributed by atoms with E-state index in [9.17, 15) is 4.79 Å². The van der Waals surface area contributed by atoms with Crippen LogP contribution in [-0.4, -0.2) is 5.78 Å². The first-order valence-corrected chi connectivity index (χ1v) is 4.84. The van der Waals surface area contributed by atoms with Crippen LogP contribution in [0.2, 0.25) is 0 Å². The molecule has 1 aromatic rings. The summed E-state index contributed by atoms with van der Waals surface area (Å²) < 4.78 is 5.04. The van der Waals surface area contributed by atoms with Gasteiger partial charge in [0.1, 0.15) is 0 Å². The van der Waals surface area contributed by atoms with E-state index >= 15 is 0 Å². The van der Waals surface area contributed by atoms with E-state index in [1.807, 2.05) is 0 Å². The summed E-state index contributed by atoms with van der Waals surface area (Å²) in [6.07, 6.45) is 4.27. The van der Waals surface area contributed by atoms with Crippen LogP contribution in [0.4, 0.5) is 0 Å². The van der Waals surface area contributed by atoms with Crippen LogP contribution < -0.4 is 0 Å². The predicted octanol–water partition coefficient (Wildman–Crippen LogP) is 3.29. The summed E-state index contributed by atoms with van der Waals surface area (Å²) in [4.78, 5) is 11.5. The molecule has 1 aromatic heterocycles. The third-order valence-electron chi connectivity index (χ3n) is 2.42. The maximum absolute atomic E-state index is 11.5. The maximum atomic E-state index is 11.5. The molecule has 0 saturated carbocycles. The van der Waals surface area contributed by atoms with Gasteiger partial charge in [-0.05, 0) is 18.1 Å². The molecule has 0 N–H and O–H groups in total. The second-order valence-corrected chi connectivity index (χ2v) is 3.29. The van der Waals surface area contributed by atoms with Gasteiger partial charge in [-0.3, -0.25) is 4.79 Å². The van der Waals surface area contributed by atoms with Crippen LogP contribution in [0.15, 0.2) is 22.8 Å². The Morgan fingerprint density at radius 2 is 2.15 bits per heavy atom. The molecule has 0 atom stereocenters. The molecule has 0 aliphatic heterocycles. The molecule has 0 spiro atoms. The largest absolute Gasteiger partial charge is 0.461 e. The van der Waals surface area contributed by atoms with E-state index in [0.29, 0.717) is 18.1 Å². The molecule has 0 radical (unpaired) electrons. The Morgan fingerprint density at radius 1 is 1.46 bits per heavy atom. The highest BCUT2D eigenvalue weighted by Gasteiger charge is 2.13. The number of hydrogen-bond acceptors (Lipinski definition) is 2. The summed E-state index contributed by atoms with van der Waals surface area (Å²) >= 11 is 0. The van der Waals surface area contributed by atoms with Crippen molar-refractivity contribution in [1.82, 2.24) is 0 Å². The zero-order chi connectivity index (χ0) is 9.68. The van der Waals surface area contributed by atoms with Gasteiger partial charge in [-0.1, -0.05) is 26.7 Å². The molecule has 0 amide bonds. The monoisotopic (exact) mass is 180 g/mol. The van der Waals surface area contributed by atoms with Crippen LogP contribution in [0.5, 0.6) is 0 Å². The second-order valence-electron chi connectivity index (χ2n) is 3.29. The van der Waals surface area contributed by atoms with E-state index in [-0.39, 0.29) is 5.78 Å². The van der Waals surface area contributed by atoms with Gasteiger partial charge in [0.2, 0.25) is 0 Å². The summed E-state index contributed by atoms with van der Waals surface area (Å²) in [5, 5.41) is 0. The highest BCUT2D eigenvalue weighted by Crippen LogP contribution is 2.16. The van der Waals surface area contributed by atoms with Gasteiger partial charge in [-0.2, -0.15) is 0 Å². The molecule has 13 heavy (non-hydrogen) atoms. The van der Waals surface area contributed by atoms with Gasteiger partial charge < -0.3 is 4.42 Å². The van der Waals surface area contributed by atoms with Crippen molar-refractivity contribution < 1.29 is 9.21 Å². The first-order valence-electron chi connectivity index (χ1n) is 4.84. The zero-order valence-corrected chi connectivity index (χ0v) is 8.25. The minimum Gasteiger partial charge on any atom is -0.461 e. The fourth-order valence-corrected chi connectivity index (χ4v) is 1.38. The fraction of sp³-hybridized carbons (Fsp3) is 0.545. The minimum atomic E-state index is 0.124. The van der Waals surface area contributed by atoms with E-state index < -0.39 is 0 Å². The number of carbonyl (C=O) groups excluding carboxylic acids is 1. The van der Waals surface area contributed by atoms with Gasteiger partial charge in [-0.25, -0.2) is 0 Å². The lowest BCUT2D eigenvalue weighted by Gasteiger charge is -2.08. The summed E-state index contributed by atoms with van der Waals surface area (Å²) in [5.41, 5.74) is 0. The quantitative estimate of drug-likeness (QED) is 0.651. The lowest BCUT2D eigenvalue weighted by Crippen LogP contribution is -2.06. The smallest absolute Gasteiger partial charge is 0.198 e. The van der Waals surface area contributed by atoms with Crippen molar-refractivity contribution in [1.29, 1.82) is 0 Å². The van der Waals surface area contributed by atoms with Gasteiger partial charge in [0.25, 0.3) is 0 Å². The van der Waals surface area contributed by atoms with E-state index in [2.05, 4.69) is 13.8 Å². The Morgan fingerprint density at radius 3 is 2.62 bits per heavy atom. The highest BCUT2D eigenvalue weighted by atomic mass is 16.3. The third-order valence-corrected chi connectivity index (χ3v) is 2.42. The molecule has 1 heterocycles. The Hall–Kier alpha value is -1.05. The Bertz CT molecular complexity index is 245. The topological polar surface area (TPSA) is 30.2 Å². The first-order chi connectivity index (χ1) is 6.27. The van der Waals surface area contributed by atoms with E-state index in [4.69, 9.17) is 4.42 Å². The number of hydrogen-bond donors (Lipinski definition) is 0. The van der Waals surface area contributed by atoms with Crippen molar-refractivity contribution >= 4 is 5.78 Å². The molecule has 72 valence electrons. The van der Waals surface area contributed by atoms with Gasteiger partial charge in [0.15, 0.2) is 11.5 Å². The van der Waals surface area contributed by atoms with Crippen LogP contribution in [0.3, 0.4) is 0 Å². The number of carbonyl (C=O) groups is 1. The molecule has 0 aromatic carbocycles. The lowest BCUT2D eigenvalue weighted by atomic mass is 9.96. The van der Waals surface area contributed by atoms with Crippen LogP contribution in [0.25, 0.3) is 0 Å². The molecule has 2 heteroatoms. The number of rotatable bonds is 5. The molecule has 0 aliphatic rings. The normalized spacial score (nSPS) is 10.7. The summed E-state index contributed by atoms with van der Waals surface area (Å²) in [5.74, 6) is 1.11. The molecule has 2 nitrogen and oxygen atoms in total. The summed E-state index contributed by atoms with van der Waals surface area (Å²) in [6, 6.07) is 3.48. The Labute approximate surface area is 78.9 Å². The van der Waals surface area contributed by atoms with Gasteiger partial charge in [0.05, 0.1) is 6.26 Å². The van der Waals surface area contributed by atoms with Crippen molar-refractivity contribution in [3.63, 3.8) is 0 Å². The van der Waals surface area contributed by atoms with Crippen LogP contribution >= 0.6 is 0 Å². The SMILES string of the molecule is CCC(CC)CC(=O)c1ccco1. The highest BCUT2D eigenvalue weighted by molar-refractivity contribution is 5.93. The van der Waals surface area contributed by atoms with Crippen molar-refractivity contribution in [2.24, 2.45) is 5.92 Å². The molecule has 0 saturated heterocycles. The molecule has 0 unspecified atom stereocenters. The van der Waals surface area contributed by atoms with Crippen molar-refractivity contribution in [3.05, 3.63) is 24.2 Å². The third kappa shape index (κ3) is 2.72. The van der Waals surface area contributed by atoms with Crippen molar-refractivity contribution in [2.75, 3.05) is 0 Å². The van der Waals surface area contributed by atoms with Gasteiger partial charge >= 0.3 is 0 Å². The lowest BCUT2D eigenvalue weighted by molar-refractivity contribution is 0.0931. The second kappa shape index (κ2) is 4.85. The Kier molecular flexibility index (Phi) is 3.74. The average Bonchev–Trinajstić information content (AvgIpc) is 2.66. The molecular weight excluding hydrogens is 164 g/mol. The fourth-order valence-electron chi connectivity index (χ4n) is 1.38. The molecule has 0 fully saturated rings. The van der Waals surface area contributed by atoms with Crippen LogP contribution in [0.1, 0.15) is 43.7 Å². The van der Waals surface area contributed by atoms with E-state index in [0.717, 1.165) is 12.8 Å². The maximum Gasteiger partial charge on any atom is 0.198 e. The summed E-state index contributed by atoms with van der Waals surface area (Å²) in [6.45, 7) is 4.23. The van der Waals surface area contributed by atoms with Crippen LogP contribution in [0, 0.1) is 5.92 Å². The molecule has 0 aliphatic carbocycles. The van der Waals surface area contributed by atoms with E-state index in [1.54, 1.807) is 18.4 Å². The minimum absolute atomic E-state index is 0.124. The van der Waals surface area contributed by atoms with Gasteiger partial charge in [0, 0.05) is 6.42 Å².